The van der Waals surface area contributed by atoms with Crippen LogP contribution in [0.25, 0.3) is 0 Å². The van der Waals surface area contributed by atoms with Gasteiger partial charge in [-0.3, -0.25) is 4.79 Å². The van der Waals surface area contributed by atoms with Gasteiger partial charge in [-0.2, -0.15) is 5.26 Å². The highest BCUT2D eigenvalue weighted by atomic mass is 16.5. The van der Waals surface area contributed by atoms with Crippen molar-refractivity contribution in [2.24, 2.45) is 5.92 Å². The van der Waals surface area contributed by atoms with Crippen LogP contribution in [0, 0.1) is 17.2 Å². The summed E-state index contributed by atoms with van der Waals surface area (Å²) in [6.07, 6.45) is 6.51. The van der Waals surface area contributed by atoms with E-state index in [0.717, 1.165) is 63.0 Å². The normalized spacial score (nSPS) is 20.2. The third kappa shape index (κ3) is 3.45. The van der Waals surface area contributed by atoms with E-state index in [1.54, 1.807) is 0 Å². The average Bonchev–Trinajstić information content (AvgIpc) is 3.05. The third-order valence-electron chi connectivity index (χ3n) is 4.48. The maximum atomic E-state index is 12.1. The Balaban J connectivity index is 1.65. The van der Waals surface area contributed by atoms with E-state index in [0.29, 0.717) is 23.7 Å². The summed E-state index contributed by atoms with van der Waals surface area (Å²) in [7, 11) is 0. The first kappa shape index (κ1) is 15.0. The number of nitriles is 1. The minimum atomic E-state index is -0.0633. The fourth-order valence-electron chi connectivity index (χ4n) is 3.15. The van der Waals surface area contributed by atoms with Gasteiger partial charge >= 0.3 is 0 Å². The molecule has 1 amide bonds. The number of nitrogens with one attached hydrogen (secondary N) is 1. The molecule has 0 bridgehead atoms. The number of aromatic nitrogens is 1. The number of pyridine rings is 1. The number of aryl methyl sites for hydroxylation is 2. The van der Waals surface area contributed by atoms with Crippen molar-refractivity contribution in [3.8, 4) is 6.07 Å². The van der Waals surface area contributed by atoms with Crippen molar-refractivity contribution in [2.75, 3.05) is 18.5 Å². The first-order chi connectivity index (χ1) is 10.8. The number of fused-ring (bicyclic) bond motifs is 1. The Bertz CT molecular complexity index is 601. The largest absolute Gasteiger partial charge is 0.381 e. The Morgan fingerprint density at radius 1 is 1.45 bits per heavy atom. The van der Waals surface area contributed by atoms with E-state index in [1.165, 1.54) is 0 Å². The molecule has 1 aliphatic carbocycles. The number of carbonyl (C=O) groups excluding carboxylic acids is 1. The van der Waals surface area contributed by atoms with E-state index >= 15 is 0 Å². The van der Waals surface area contributed by atoms with Gasteiger partial charge in [0.05, 0.1) is 5.56 Å². The summed E-state index contributed by atoms with van der Waals surface area (Å²) in [6.45, 7) is 1.56. The number of hydrogen-bond acceptors (Lipinski definition) is 4. The molecule has 5 nitrogen and oxygen atoms in total. The molecule has 2 heterocycles. The van der Waals surface area contributed by atoms with Crippen LogP contribution in [0.3, 0.4) is 0 Å². The molecule has 22 heavy (non-hydrogen) atoms. The molecule has 0 saturated carbocycles. The van der Waals surface area contributed by atoms with E-state index in [1.807, 2.05) is 6.07 Å². The lowest BCUT2D eigenvalue weighted by atomic mass is 9.95. The fourth-order valence-corrected chi connectivity index (χ4v) is 3.15. The van der Waals surface area contributed by atoms with E-state index in [-0.39, 0.29) is 5.91 Å². The van der Waals surface area contributed by atoms with Crippen molar-refractivity contribution in [1.29, 1.82) is 5.26 Å². The van der Waals surface area contributed by atoms with Gasteiger partial charge in [-0.15, -0.1) is 0 Å². The Morgan fingerprint density at radius 3 is 3.09 bits per heavy atom. The van der Waals surface area contributed by atoms with E-state index in [9.17, 15) is 10.1 Å². The van der Waals surface area contributed by atoms with Crippen LogP contribution in [-0.4, -0.2) is 24.1 Å². The molecule has 1 aromatic heterocycles. The first-order valence-corrected chi connectivity index (χ1v) is 8.07. The average molecular weight is 299 g/mol. The smallest absolute Gasteiger partial charge is 0.225 e. The lowest BCUT2D eigenvalue weighted by molar-refractivity contribution is -0.116. The van der Waals surface area contributed by atoms with Gasteiger partial charge in [0, 0.05) is 25.3 Å². The molecular weight excluding hydrogens is 278 g/mol. The topological polar surface area (TPSA) is 75.0 Å². The molecule has 0 radical (unpaired) electrons. The first-order valence-electron chi connectivity index (χ1n) is 8.07. The summed E-state index contributed by atoms with van der Waals surface area (Å²) < 4.78 is 5.32. The Kier molecular flexibility index (Phi) is 4.69. The Hall–Kier alpha value is -1.93. The van der Waals surface area contributed by atoms with Crippen LogP contribution in [0.15, 0.2) is 6.07 Å². The number of amides is 1. The van der Waals surface area contributed by atoms with Gasteiger partial charge in [0.15, 0.2) is 5.82 Å². The second-order valence-corrected chi connectivity index (χ2v) is 6.13. The molecule has 1 N–H and O–H groups in total. The molecule has 1 atom stereocenters. The highest BCUT2D eigenvalue weighted by molar-refractivity contribution is 5.91. The second kappa shape index (κ2) is 6.89. The number of ether oxygens (including phenoxy) is 1. The van der Waals surface area contributed by atoms with Crippen molar-refractivity contribution in [3.63, 3.8) is 0 Å². The van der Waals surface area contributed by atoms with Gasteiger partial charge in [0.25, 0.3) is 0 Å². The fraction of sp³-hybridized carbons (Fsp3) is 0.588. The van der Waals surface area contributed by atoms with Crippen molar-refractivity contribution < 1.29 is 9.53 Å². The van der Waals surface area contributed by atoms with Gasteiger partial charge in [-0.25, -0.2) is 4.98 Å². The summed E-state index contributed by atoms with van der Waals surface area (Å²) in [5, 5.41) is 12.1. The van der Waals surface area contributed by atoms with Crippen LogP contribution in [0.4, 0.5) is 5.82 Å². The Labute approximate surface area is 130 Å². The zero-order valence-corrected chi connectivity index (χ0v) is 12.7. The van der Waals surface area contributed by atoms with Crippen molar-refractivity contribution in [1.82, 2.24) is 4.98 Å². The summed E-state index contributed by atoms with van der Waals surface area (Å²) in [6, 6.07) is 4.04. The molecule has 1 aliphatic heterocycles. The quantitative estimate of drug-likeness (QED) is 0.927. The summed E-state index contributed by atoms with van der Waals surface area (Å²) >= 11 is 0. The standard InChI is InChI=1S/C17H21N3O2/c18-10-14-9-13-3-1-2-4-15(13)19-17(14)20-16(21)6-5-12-7-8-22-11-12/h9,12H,1-8,11H2,(H,19,20,21). The SMILES string of the molecule is N#Cc1cc2c(nc1NC(=O)CCC1CCOC1)CCCC2. The zero-order chi connectivity index (χ0) is 15.4. The second-order valence-electron chi connectivity index (χ2n) is 6.13. The summed E-state index contributed by atoms with van der Waals surface area (Å²) in [5.41, 5.74) is 2.66. The third-order valence-corrected chi connectivity index (χ3v) is 4.48. The molecule has 1 saturated heterocycles. The summed E-state index contributed by atoms with van der Waals surface area (Å²) in [5.74, 6) is 0.847. The molecular formula is C17H21N3O2. The maximum Gasteiger partial charge on any atom is 0.225 e. The molecule has 1 unspecified atom stereocenters. The van der Waals surface area contributed by atoms with Crippen LogP contribution in [0.2, 0.25) is 0 Å². The van der Waals surface area contributed by atoms with Crippen LogP contribution in [0.5, 0.6) is 0 Å². The van der Waals surface area contributed by atoms with Crippen LogP contribution in [-0.2, 0) is 22.4 Å². The monoisotopic (exact) mass is 299 g/mol. The van der Waals surface area contributed by atoms with Crippen LogP contribution < -0.4 is 5.32 Å². The van der Waals surface area contributed by atoms with Crippen molar-refractivity contribution in [2.45, 2.75) is 44.9 Å². The molecule has 0 spiro atoms. The molecule has 0 aromatic carbocycles. The number of anilines is 1. The molecule has 2 aliphatic rings. The highest BCUT2D eigenvalue weighted by Crippen LogP contribution is 2.25. The van der Waals surface area contributed by atoms with Crippen molar-refractivity contribution >= 4 is 11.7 Å². The van der Waals surface area contributed by atoms with Gasteiger partial charge < -0.3 is 10.1 Å². The van der Waals surface area contributed by atoms with Gasteiger partial charge in [0.1, 0.15) is 6.07 Å². The zero-order valence-electron chi connectivity index (χ0n) is 12.7. The molecule has 1 aromatic rings. The van der Waals surface area contributed by atoms with E-state index in [2.05, 4.69) is 16.4 Å². The van der Waals surface area contributed by atoms with Gasteiger partial charge in [0.2, 0.25) is 5.91 Å². The number of hydrogen-bond donors (Lipinski definition) is 1. The minimum Gasteiger partial charge on any atom is -0.381 e. The van der Waals surface area contributed by atoms with E-state index < -0.39 is 0 Å². The predicted octanol–water partition coefficient (Wildman–Crippen LogP) is 2.59. The molecule has 5 heteroatoms. The lowest BCUT2D eigenvalue weighted by Gasteiger charge is -2.17. The van der Waals surface area contributed by atoms with E-state index in [4.69, 9.17) is 4.74 Å². The number of rotatable bonds is 4. The van der Waals surface area contributed by atoms with Crippen LogP contribution in [0.1, 0.15) is 48.9 Å². The lowest BCUT2D eigenvalue weighted by Crippen LogP contribution is -2.17. The molecule has 1 fully saturated rings. The number of carbonyl (C=O) groups is 1. The van der Waals surface area contributed by atoms with Crippen molar-refractivity contribution in [3.05, 3.63) is 22.9 Å². The maximum absolute atomic E-state index is 12.1. The Morgan fingerprint density at radius 2 is 2.32 bits per heavy atom. The number of nitrogens with zero attached hydrogens (tertiary/aromatic N) is 2. The predicted molar refractivity (Wildman–Crippen MR) is 82.4 cm³/mol. The molecule has 116 valence electrons. The van der Waals surface area contributed by atoms with Gasteiger partial charge in [-0.1, -0.05) is 0 Å². The highest BCUT2D eigenvalue weighted by Gasteiger charge is 2.19. The minimum absolute atomic E-state index is 0.0633. The van der Waals surface area contributed by atoms with Crippen LogP contribution >= 0.6 is 0 Å². The summed E-state index contributed by atoms with van der Waals surface area (Å²) in [4.78, 5) is 16.6. The molecule has 3 rings (SSSR count). The van der Waals surface area contributed by atoms with Gasteiger partial charge in [-0.05, 0) is 56.1 Å².